The van der Waals surface area contributed by atoms with Crippen LogP contribution >= 0.6 is 0 Å². The van der Waals surface area contributed by atoms with E-state index in [9.17, 15) is 13.2 Å². The highest BCUT2D eigenvalue weighted by atomic mass is 32.2. The van der Waals surface area contributed by atoms with Gasteiger partial charge in [-0.05, 0) is 36.4 Å². The summed E-state index contributed by atoms with van der Waals surface area (Å²) in [5, 5.41) is 2.79. The van der Waals surface area contributed by atoms with Gasteiger partial charge in [0, 0.05) is 50.7 Å². The zero-order chi connectivity index (χ0) is 19.3. The molecule has 1 fully saturated rings. The Kier molecular flexibility index (Phi) is 6.20. The number of benzene rings is 1. The van der Waals surface area contributed by atoms with Crippen LogP contribution in [0.5, 0.6) is 0 Å². The average molecular weight is 388 g/mol. The van der Waals surface area contributed by atoms with Crippen molar-refractivity contribution in [1.82, 2.24) is 19.5 Å². The number of piperazine rings is 1. The SMILES string of the molecule is CCN1CCN(S(=O)(=O)c2cccc(C(=O)NCc3cccnc3)c2)CC1. The van der Waals surface area contributed by atoms with Crippen molar-refractivity contribution in [2.24, 2.45) is 0 Å². The highest BCUT2D eigenvalue weighted by molar-refractivity contribution is 7.89. The topological polar surface area (TPSA) is 82.6 Å². The number of nitrogens with zero attached hydrogens (tertiary/aromatic N) is 3. The van der Waals surface area contributed by atoms with Crippen molar-refractivity contribution in [2.75, 3.05) is 32.7 Å². The molecule has 7 nitrogen and oxygen atoms in total. The van der Waals surface area contributed by atoms with Crippen molar-refractivity contribution in [3.05, 3.63) is 59.9 Å². The molecule has 2 aromatic rings. The van der Waals surface area contributed by atoms with E-state index >= 15 is 0 Å². The maximum atomic E-state index is 12.9. The molecule has 1 aliphatic heterocycles. The second-order valence-corrected chi connectivity index (χ2v) is 8.35. The fourth-order valence-electron chi connectivity index (χ4n) is 3.02. The number of hydrogen-bond acceptors (Lipinski definition) is 5. The maximum absolute atomic E-state index is 12.9. The van der Waals surface area contributed by atoms with Crippen LogP contribution in [0.1, 0.15) is 22.8 Å². The highest BCUT2D eigenvalue weighted by Crippen LogP contribution is 2.19. The lowest BCUT2D eigenvalue weighted by Crippen LogP contribution is -2.48. The van der Waals surface area contributed by atoms with E-state index in [1.165, 1.54) is 10.4 Å². The molecule has 0 radical (unpaired) electrons. The minimum atomic E-state index is -3.60. The van der Waals surface area contributed by atoms with Gasteiger partial charge < -0.3 is 10.2 Å². The van der Waals surface area contributed by atoms with Crippen molar-refractivity contribution in [1.29, 1.82) is 0 Å². The molecule has 1 saturated heterocycles. The highest BCUT2D eigenvalue weighted by Gasteiger charge is 2.28. The van der Waals surface area contributed by atoms with Crippen LogP contribution in [0.25, 0.3) is 0 Å². The first-order chi connectivity index (χ1) is 13.0. The van der Waals surface area contributed by atoms with Crippen LogP contribution in [0.4, 0.5) is 0 Å². The first-order valence-electron chi connectivity index (χ1n) is 9.00. The predicted octanol–water partition coefficient (Wildman–Crippen LogP) is 1.34. The second-order valence-electron chi connectivity index (χ2n) is 6.41. The van der Waals surface area contributed by atoms with Gasteiger partial charge >= 0.3 is 0 Å². The van der Waals surface area contributed by atoms with Gasteiger partial charge in [0.15, 0.2) is 0 Å². The molecule has 0 aliphatic carbocycles. The summed E-state index contributed by atoms with van der Waals surface area (Å²) in [6.45, 7) is 5.70. The molecule has 0 spiro atoms. The van der Waals surface area contributed by atoms with Gasteiger partial charge in [-0.15, -0.1) is 0 Å². The van der Waals surface area contributed by atoms with Gasteiger partial charge in [-0.2, -0.15) is 4.31 Å². The van der Waals surface area contributed by atoms with Gasteiger partial charge in [0.2, 0.25) is 10.0 Å². The van der Waals surface area contributed by atoms with E-state index in [1.54, 1.807) is 36.7 Å². The summed E-state index contributed by atoms with van der Waals surface area (Å²) in [7, 11) is -3.60. The van der Waals surface area contributed by atoms with Crippen molar-refractivity contribution in [3.63, 3.8) is 0 Å². The Labute approximate surface area is 160 Å². The third kappa shape index (κ3) is 4.71. The molecular formula is C19H24N4O3S. The summed E-state index contributed by atoms with van der Waals surface area (Å²) in [4.78, 5) is 18.8. The van der Waals surface area contributed by atoms with Crippen LogP contribution in [-0.4, -0.2) is 61.2 Å². The molecule has 1 amide bonds. The lowest BCUT2D eigenvalue weighted by atomic mass is 10.2. The van der Waals surface area contributed by atoms with E-state index in [4.69, 9.17) is 0 Å². The van der Waals surface area contributed by atoms with Gasteiger partial charge in [-0.1, -0.05) is 19.1 Å². The van der Waals surface area contributed by atoms with Crippen molar-refractivity contribution in [2.45, 2.75) is 18.4 Å². The minimum absolute atomic E-state index is 0.154. The molecule has 2 heterocycles. The maximum Gasteiger partial charge on any atom is 0.251 e. The molecule has 27 heavy (non-hydrogen) atoms. The molecule has 8 heteroatoms. The molecule has 3 rings (SSSR count). The van der Waals surface area contributed by atoms with E-state index in [0.717, 1.165) is 25.2 Å². The van der Waals surface area contributed by atoms with Gasteiger partial charge in [0.05, 0.1) is 4.90 Å². The molecule has 0 bridgehead atoms. The number of amides is 1. The molecule has 0 unspecified atom stereocenters. The average Bonchev–Trinajstić information content (AvgIpc) is 2.73. The van der Waals surface area contributed by atoms with Crippen molar-refractivity contribution >= 4 is 15.9 Å². The lowest BCUT2D eigenvalue weighted by Gasteiger charge is -2.33. The molecule has 1 aromatic carbocycles. The van der Waals surface area contributed by atoms with E-state index in [1.807, 2.05) is 6.07 Å². The first kappa shape index (κ1) is 19.5. The third-order valence-corrected chi connectivity index (χ3v) is 6.58. The summed E-state index contributed by atoms with van der Waals surface area (Å²) in [5.74, 6) is -0.313. The summed E-state index contributed by atoms with van der Waals surface area (Å²) < 4.78 is 27.3. The van der Waals surface area contributed by atoms with Crippen LogP contribution in [0, 0.1) is 0 Å². The summed E-state index contributed by atoms with van der Waals surface area (Å²) in [5.41, 5.74) is 1.20. The molecule has 144 valence electrons. The number of aromatic nitrogens is 1. The predicted molar refractivity (Wildman–Crippen MR) is 103 cm³/mol. The molecule has 0 saturated carbocycles. The molecule has 1 N–H and O–H groups in total. The number of carbonyl (C=O) groups is 1. The molecular weight excluding hydrogens is 364 g/mol. The monoisotopic (exact) mass is 388 g/mol. The smallest absolute Gasteiger partial charge is 0.251 e. The Bertz CT molecular complexity index is 879. The number of nitrogens with one attached hydrogen (secondary N) is 1. The quantitative estimate of drug-likeness (QED) is 0.807. The van der Waals surface area contributed by atoms with Crippen molar-refractivity contribution in [3.8, 4) is 0 Å². The van der Waals surface area contributed by atoms with E-state index in [2.05, 4.69) is 22.1 Å². The van der Waals surface area contributed by atoms with Gasteiger partial charge in [-0.3, -0.25) is 9.78 Å². The fourth-order valence-corrected chi connectivity index (χ4v) is 4.49. The van der Waals surface area contributed by atoms with Gasteiger partial charge in [0.25, 0.3) is 5.91 Å². The Hall–Kier alpha value is -2.29. The Balaban J connectivity index is 1.70. The number of hydrogen-bond donors (Lipinski definition) is 1. The number of sulfonamides is 1. The third-order valence-electron chi connectivity index (χ3n) is 4.69. The Morgan fingerprint density at radius 1 is 1.15 bits per heavy atom. The van der Waals surface area contributed by atoms with E-state index < -0.39 is 10.0 Å². The van der Waals surface area contributed by atoms with E-state index in [-0.39, 0.29) is 10.8 Å². The molecule has 0 atom stereocenters. The number of pyridine rings is 1. The van der Waals surface area contributed by atoms with Crippen LogP contribution in [0.3, 0.4) is 0 Å². The van der Waals surface area contributed by atoms with Gasteiger partial charge in [-0.25, -0.2) is 8.42 Å². The minimum Gasteiger partial charge on any atom is -0.348 e. The summed E-state index contributed by atoms with van der Waals surface area (Å²) in [6.07, 6.45) is 3.34. The molecule has 1 aromatic heterocycles. The molecule has 1 aliphatic rings. The van der Waals surface area contributed by atoms with Crippen LogP contribution in [0.15, 0.2) is 53.7 Å². The number of carbonyl (C=O) groups excluding carboxylic acids is 1. The van der Waals surface area contributed by atoms with Crippen molar-refractivity contribution < 1.29 is 13.2 Å². The standard InChI is InChI=1S/C19H24N4O3S/c1-2-22-9-11-23(12-10-22)27(25,26)18-7-3-6-17(13-18)19(24)21-15-16-5-4-8-20-14-16/h3-8,13-14H,2,9-12,15H2,1H3,(H,21,24). The first-order valence-corrected chi connectivity index (χ1v) is 10.4. The normalized spacial score (nSPS) is 16.2. The zero-order valence-electron chi connectivity index (χ0n) is 15.3. The van der Waals surface area contributed by atoms with E-state index in [0.29, 0.717) is 25.2 Å². The van der Waals surface area contributed by atoms with Crippen LogP contribution in [0.2, 0.25) is 0 Å². The summed E-state index contributed by atoms with van der Waals surface area (Å²) >= 11 is 0. The van der Waals surface area contributed by atoms with Crippen LogP contribution in [-0.2, 0) is 16.6 Å². The van der Waals surface area contributed by atoms with Crippen LogP contribution < -0.4 is 5.32 Å². The second kappa shape index (κ2) is 8.60. The lowest BCUT2D eigenvalue weighted by molar-refractivity contribution is 0.0950. The summed E-state index contributed by atoms with van der Waals surface area (Å²) in [6, 6.07) is 9.87. The zero-order valence-corrected chi connectivity index (χ0v) is 16.2. The van der Waals surface area contributed by atoms with Gasteiger partial charge in [0.1, 0.15) is 0 Å². The number of likely N-dealkylation sites (N-methyl/N-ethyl adjacent to an activating group) is 1. The fraction of sp³-hybridized carbons (Fsp3) is 0.368. The largest absolute Gasteiger partial charge is 0.348 e. The Morgan fingerprint density at radius 3 is 2.59 bits per heavy atom. The Morgan fingerprint density at radius 2 is 1.93 bits per heavy atom. The number of rotatable bonds is 6.